The zero-order chi connectivity index (χ0) is 11.5. The molecule has 2 heterocycles. The number of nitrogens with zero attached hydrogens (tertiary/aromatic N) is 2. The van der Waals surface area contributed by atoms with E-state index in [0.29, 0.717) is 13.2 Å². The Balaban J connectivity index is 2.22. The molecule has 2 rings (SSSR count). The molecule has 1 fully saturated rings. The van der Waals surface area contributed by atoms with Gasteiger partial charge >= 0.3 is 0 Å². The van der Waals surface area contributed by atoms with Gasteiger partial charge in [0.25, 0.3) is 0 Å². The number of pyridine rings is 1. The van der Waals surface area contributed by atoms with Crippen LogP contribution in [-0.4, -0.2) is 42.7 Å². The van der Waals surface area contributed by atoms with E-state index in [-0.39, 0.29) is 12.1 Å². The molecule has 0 radical (unpaired) electrons. The Labute approximate surface area is 100 Å². The Kier molecular flexibility index (Phi) is 3.76. The van der Waals surface area contributed by atoms with Gasteiger partial charge in [-0.15, -0.1) is 0 Å². The maximum atomic E-state index is 6.16. The van der Waals surface area contributed by atoms with E-state index >= 15 is 0 Å². The zero-order valence-electron chi connectivity index (χ0n) is 9.27. The van der Waals surface area contributed by atoms with Gasteiger partial charge in [-0.05, 0) is 13.1 Å². The third kappa shape index (κ3) is 2.52. The van der Waals surface area contributed by atoms with E-state index < -0.39 is 0 Å². The molecule has 1 aliphatic rings. The molecule has 1 aromatic rings. The van der Waals surface area contributed by atoms with Crippen molar-refractivity contribution in [3.63, 3.8) is 0 Å². The predicted molar refractivity (Wildman–Crippen MR) is 63.4 cm³/mol. The first-order valence-electron chi connectivity index (χ1n) is 5.31. The summed E-state index contributed by atoms with van der Waals surface area (Å²) >= 11 is 6.16. The van der Waals surface area contributed by atoms with Crippen molar-refractivity contribution in [2.45, 2.75) is 12.1 Å². The van der Waals surface area contributed by atoms with Crippen LogP contribution in [0.25, 0.3) is 0 Å². The highest BCUT2D eigenvalue weighted by atomic mass is 35.5. The molecule has 0 aliphatic carbocycles. The van der Waals surface area contributed by atoms with Crippen LogP contribution >= 0.6 is 11.6 Å². The molecule has 0 spiro atoms. The van der Waals surface area contributed by atoms with E-state index in [1.54, 1.807) is 18.5 Å². The smallest absolute Gasteiger partial charge is 0.0665 e. The Morgan fingerprint density at radius 1 is 1.56 bits per heavy atom. The maximum Gasteiger partial charge on any atom is 0.0665 e. The van der Waals surface area contributed by atoms with Crippen molar-refractivity contribution in [2.75, 3.05) is 26.8 Å². The van der Waals surface area contributed by atoms with Gasteiger partial charge in [0, 0.05) is 35.6 Å². The Hall–Kier alpha value is -0.680. The quantitative estimate of drug-likeness (QED) is 0.799. The van der Waals surface area contributed by atoms with Gasteiger partial charge in [0.1, 0.15) is 0 Å². The number of ether oxygens (including phenoxy) is 1. The largest absolute Gasteiger partial charge is 0.378 e. The third-order valence-electron chi connectivity index (χ3n) is 2.82. The lowest BCUT2D eigenvalue weighted by molar-refractivity contribution is 0.106. The molecule has 16 heavy (non-hydrogen) atoms. The molecule has 0 aromatic carbocycles. The second-order valence-corrected chi connectivity index (χ2v) is 4.56. The summed E-state index contributed by atoms with van der Waals surface area (Å²) in [4.78, 5) is 6.27. The summed E-state index contributed by atoms with van der Waals surface area (Å²) in [5, 5.41) is 0.728. The number of likely N-dealkylation sites (N-methyl/N-ethyl adjacent to an activating group) is 1. The number of hydrogen-bond acceptors (Lipinski definition) is 4. The van der Waals surface area contributed by atoms with Gasteiger partial charge in [-0.3, -0.25) is 9.88 Å². The molecule has 88 valence electrons. The standard InChI is InChI=1S/C11H16ClN3O/c1-15-5-8(13)6-16-7-11(15)9-4-14-3-2-10(9)12/h2-4,8,11H,5-7,13H2,1H3. The van der Waals surface area contributed by atoms with E-state index in [0.717, 1.165) is 17.1 Å². The maximum absolute atomic E-state index is 6.16. The highest BCUT2D eigenvalue weighted by Crippen LogP contribution is 2.27. The molecule has 1 aliphatic heterocycles. The predicted octanol–water partition coefficient (Wildman–Crippen LogP) is 1.07. The van der Waals surface area contributed by atoms with Crippen LogP contribution in [-0.2, 0) is 4.74 Å². The van der Waals surface area contributed by atoms with Crippen molar-refractivity contribution in [2.24, 2.45) is 5.73 Å². The second kappa shape index (κ2) is 5.10. The minimum Gasteiger partial charge on any atom is -0.378 e. The van der Waals surface area contributed by atoms with E-state index in [9.17, 15) is 0 Å². The highest BCUT2D eigenvalue weighted by molar-refractivity contribution is 6.31. The van der Waals surface area contributed by atoms with Gasteiger partial charge in [0.2, 0.25) is 0 Å². The molecule has 2 atom stereocenters. The number of nitrogens with two attached hydrogens (primary N) is 1. The van der Waals surface area contributed by atoms with Crippen molar-refractivity contribution < 1.29 is 4.74 Å². The van der Waals surface area contributed by atoms with Crippen LogP contribution in [0.15, 0.2) is 18.5 Å². The van der Waals surface area contributed by atoms with Crippen LogP contribution in [0.4, 0.5) is 0 Å². The Bertz CT molecular complexity index is 361. The first-order chi connectivity index (χ1) is 7.68. The normalized spacial score (nSPS) is 27.7. The fraction of sp³-hybridized carbons (Fsp3) is 0.545. The van der Waals surface area contributed by atoms with E-state index in [4.69, 9.17) is 22.1 Å². The van der Waals surface area contributed by atoms with Crippen LogP contribution in [0, 0.1) is 0 Å². The van der Waals surface area contributed by atoms with Crippen molar-refractivity contribution >= 4 is 11.6 Å². The number of hydrogen-bond donors (Lipinski definition) is 1. The summed E-state index contributed by atoms with van der Waals surface area (Å²) in [6, 6.07) is 2.00. The number of halogens is 1. The summed E-state index contributed by atoms with van der Waals surface area (Å²) < 4.78 is 5.55. The molecule has 5 heteroatoms. The highest BCUT2D eigenvalue weighted by Gasteiger charge is 2.24. The molecular formula is C11H16ClN3O. The summed E-state index contributed by atoms with van der Waals surface area (Å²) in [7, 11) is 2.03. The topological polar surface area (TPSA) is 51.4 Å². The van der Waals surface area contributed by atoms with Crippen LogP contribution in [0.3, 0.4) is 0 Å². The average molecular weight is 242 g/mol. The number of aromatic nitrogens is 1. The number of rotatable bonds is 1. The van der Waals surface area contributed by atoms with Gasteiger partial charge in [-0.25, -0.2) is 0 Å². The average Bonchev–Trinajstić information content (AvgIpc) is 2.40. The first kappa shape index (κ1) is 11.8. The van der Waals surface area contributed by atoms with Gasteiger partial charge < -0.3 is 10.5 Å². The molecule has 0 amide bonds. The molecule has 4 nitrogen and oxygen atoms in total. The summed E-state index contributed by atoms with van der Waals surface area (Å²) in [6.45, 7) is 2.00. The fourth-order valence-corrected chi connectivity index (χ4v) is 2.20. The molecular weight excluding hydrogens is 226 g/mol. The van der Waals surface area contributed by atoms with Crippen molar-refractivity contribution in [3.05, 3.63) is 29.0 Å². The lowest BCUT2D eigenvalue weighted by Gasteiger charge is -2.26. The Morgan fingerprint density at radius 2 is 2.38 bits per heavy atom. The minimum absolute atomic E-state index is 0.0606. The summed E-state index contributed by atoms with van der Waals surface area (Å²) in [5.41, 5.74) is 6.89. The third-order valence-corrected chi connectivity index (χ3v) is 3.16. The van der Waals surface area contributed by atoms with Crippen molar-refractivity contribution in [3.8, 4) is 0 Å². The lowest BCUT2D eigenvalue weighted by Crippen LogP contribution is -2.37. The van der Waals surface area contributed by atoms with Gasteiger partial charge in [0.05, 0.1) is 19.3 Å². The fourth-order valence-electron chi connectivity index (χ4n) is 1.97. The van der Waals surface area contributed by atoms with Gasteiger partial charge in [0.15, 0.2) is 0 Å². The van der Waals surface area contributed by atoms with Gasteiger partial charge in [-0.1, -0.05) is 11.6 Å². The molecule has 1 aromatic heterocycles. The van der Waals surface area contributed by atoms with Crippen LogP contribution in [0.5, 0.6) is 0 Å². The van der Waals surface area contributed by atoms with E-state index in [1.165, 1.54) is 0 Å². The molecule has 1 saturated heterocycles. The van der Waals surface area contributed by atoms with Crippen LogP contribution in [0.1, 0.15) is 11.6 Å². The lowest BCUT2D eigenvalue weighted by atomic mass is 10.1. The minimum atomic E-state index is 0.0606. The van der Waals surface area contributed by atoms with Crippen LogP contribution in [0.2, 0.25) is 5.02 Å². The summed E-state index contributed by atoms with van der Waals surface area (Å²) in [6.07, 6.45) is 3.48. The van der Waals surface area contributed by atoms with Crippen LogP contribution < -0.4 is 5.73 Å². The zero-order valence-corrected chi connectivity index (χ0v) is 10.0. The molecule has 0 saturated carbocycles. The second-order valence-electron chi connectivity index (χ2n) is 4.15. The SMILES string of the molecule is CN1CC(N)COCC1c1cnccc1Cl. The Morgan fingerprint density at radius 3 is 3.12 bits per heavy atom. The van der Waals surface area contributed by atoms with Crippen molar-refractivity contribution in [1.82, 2.24) is 9.88 Å². The first-order valence-corrected chi connectivity index (χ1v) is 5.69. The van der Waals surface area contributed by atoms with Crippen molar-refractivity contribution in [1.29, 1.82) is 0 Å². The summed E-state index contributed by atoms with van der Waals surface area (Å²) in [5.74, 6) is 0. The van der Waals surface area contributed by atoms with E-state index in [1.807, 2.05) is 7.05 Å². The van der Waals surface area contributed by atoms with Gasteiger partial charge in [-0.2, -0.15) is 0 Å². The molecule has 2 N–H and O–H groups in total. The molecule has 0 bridgehead atoms. The molecule has 2 unspecified atom stereocenters. The monoisotopic (exact) mass is 241 g/mol. The van der Waals surface area contributed by atoms with E-state index in [2.05, 4.69) is 9.88 Å².